The summed E-state index contributed by atoms with van der Waals surface area (Å²) in [5, 5.41) is 0. The van der Waals surface area contributed by atoms with Gasteiger partial charge >= 0.3 is 6.61 Å². The first-order valence-corrected chi connectivity index (χ1v) is 9.39. The summed E-state index contributed by atoms with van der Waals surface area (Å²) in [7, 11) is -1.30. The number of halogens is 2. The molecule has 0 saturated carbocycles. The molecule has 3 rings (SSSR count). The Balaban J connectivity index is 0.00000208. The minimum Gasteiger partial charge on any atom is -0.435 e. The van der Waals surface area contributed by atoms with Gasteiger partial charge in [-0.25, -0.2) is 8.42 Å². The predicted molar refractivity (Wildman–Crippen MR) is 84.9 cm³/mol. The lowest BCUT2D eigenvalue weighted by Gasteiger charge is -2.34. The Morgan fingerprint density at radius 2 is 2.22 bits per heavy atom. The molecule has 0 bridgehead atoms. The highest BCUT2D eigenvalue weighted by atomic mass is 32.2. The molecule has 1 aromatic rings. The van der Waals surface area contributed by atoms with Crippen molar-refractivity contribution in [3.8, 4) is 5.75 Å². The predicted octanol–water partition coefficient (Wildman–Crippen LogP) is 3.28. The Kier molecular flexibility index (Phi) is 4.13. The van der Waals surface area contributed by atoms with E-state index in [0.717, 1.165) is 19.4 Å². The molecule has 2 atom stereocenters. The molecule has 2 heterocycles. The van der Waals surface area contributed by atoms with Crippen molar-refractivity contribution in [1.82, 2.24) is 4.90 Å². The average Bonchev–Trinajstić information content (AvgIpc) is 2.88. The summed E-state index contributed by atoms with van der Waals surface area (Å²) in [4.78, 5) is 2.52. The van der Waals surface area contributed by atoms with E-state index in [4.69, 9.17) is 0 Å². The molecule has 0 N–H and O–H groups in total. The number of nitrogens with zero attached hydrogens (tertiary/aromatic N) is 1. The maximum atomic E-state index is 12.4. The maximum Gasteiger partial charge on any atom is 0.387 e. The second kappa shape index (κ2) is 5.70. The van der Waals surface area contributed by atoms with Crippen molar-refractivity contribution in [3.05, 3.63) is 23.8 Å². The molecule has 1 fully saturated rings. The third kappa shape index (κ3) is 3.08. The summed E-state index contributed by atoms with van der Waals surface area (Å²) < 4.78 is 54.0. The zero-order valence-electron chi connectivity index (χ0n) is 13.3. The Labute approximate surface area is 136 Å². The SMILES string of the molecule is CN1CCCC1(C)CC1CS(=O)(=O)c2ccc(OC(F)F)cc21.[HH]. The molecule has 23 heavy (non-hydrogen) atoms. The van der Waals surface area contributed by atoms with E-state index in [1.54, 1.807) is 0 Å². The van der Waals surface area contributed by atoms with Crippen LogP contribution in [0.25, 0.3) is 0 Å². The Hall–Kier alpha value is -1.21. The molecule has 1 saturated heterocycles. The fraction of sp³-hybridized carbons (Fsp3) is 0.625. The number of likely N-dealkylation sites (tertiary alicyclic amines) is 1. The lowest BCUT2D eigenvalue weighted by molar-refractivity contribution is -0.0499. The second-order valence-corrected chi connectivity index (χ2v) is 8.79. The number of alkyl halides is 2. The first-order chi connectivity index (χ1) is 10.7. The molecule has 2 unspecified atom stereocenters. The van der Waals surface area contributed by atoms with Crippen LogP contribution in [-0.4, -0.2) is 44.8 Å². The number of benzene rings is 1. The summed E-state index contributed by atoms with van der Waals surface area (Å²) >= 11 is 0. The molecule has 0 spiro atoms. The van der Waals surface area contributed by atoms with Crippen LogP contribution in [0, 0.1) is 0 Å². The summed E-state index contributed by atoms with van der Waals surface area (Å²) in [5.74, 6) is -0.114. The van der Waals surface area contributed by atoms with Crippen molar-refractivity contribution in [2.45, 2.75) is 49.2 Å². The Bertz CT molecular complexity index is 713. The molecule has 4 nitrogen and oxygen atoms in total. The molecule has 1 aromatic carbocycles. The lowest BCUT2D eigenvalue weighted by Crippen LogP contribution is -2.39. The topological polar surface area (TPSA) is 46.6 Å². The van der Waals surface area contributed by atoms with Crippen molar-refractivity contribution in [2.75, 3.05) is 19.3 Å². The lowest BCUT2D eigenvalue weighted by atomic mass is 9.84. The van der Waals surface area contributed by atoms with E-state index in [0.29, 0.717) is 12.0 Å². The number of sulfone groups is 1. The van der Waals surface area contributed by atoms with E-state index < -0.39 is 16.4 Å². The smallest absolute Gasteiger partial charge is 0.387 e. The van der Waals surface area contributed by atoms with Gasteiger partial charge in [0.25, 0.3) is 0 Å². The second-order valence-electron chi connectivity index (χ2n) is 6.78. The van der Waals surface area contributed by atoms with Gasteiger partial charge in [-0.1, -0.05) is 0 Å². The van der Waals surface area contributed by atoms with E-state index in [1.165, 1.54) is 18.2 Å². The van der Waals surface area contributed by atoms with Gasteiger partial charge in [-0.2, -0.15) is 8.78 Å². The van der Waals surface area contributed by atoms with Crippen molar-refractivity contribution >= 4 is 9.84 Å². The minimum absolute atomic E-state index is 0. The summed E-state index contributed by atoms with van der Waals surface area (Å²) in [6.45, 7) is 0.226. The highest BCUT2D eigenvalue weighted by Crippen LogP contribution is 2.44. The van der Waals surface area contributed by atoms with E-state index >= 15 is 0 Å². The molecule has 7 heteroatoms. The monoisotopic (exact) mass is 347 g/mol. The van der Waals surface area contributed by atoms with E-state index in [2.05, 4.69) is 16.6 Å². The van der Waals surface area contributed by atoms with Crippen LogP contribution in [0.15, 0.2) is 23.1 Å². The molecular weight excluding hydrogens is 324 g/mol. The van der Waals surface area contributed by atoms with Gasteiger partial charge in [-0.15, -0.1) is 0 Å². The molecule has 0 aliphatic carbocycles. The fourth-order valence-corrected chi connectivity index (χ4v) is 5.73. The van der Waals surface area contributed by atoms with Gasteiger partial charge in [-0.05, 0) is 63.5 Å². The number of fused-ring (bicyclic) bond motifs is 1. The summed E-state index contributed by atoms with van der Waals surface area (Å²) in [5.41, 5.74) is 0.561. The maximum absolute atomic E-state index is 12.4. The van der Waals surface area contributed by atoms with Gasteiger partial charge in [-0.3, -0.25) is 0 Å². The van der Waals surface area contributed by atoms with Crippen molar-refractivity contribution in [2.24, 2.45) is 0 Å². The minimum atomic E-state index is -3.35. The number of hydrogen-bond donors (Lipinski definition) is 0. The van der Waals surface area contributed by atoms with Crippen LogP contribution in [-0.2, 0) is 9.84 Å². The number of rotatable bonds is 4. The Morgan fingerprint density at radius 3 is 2.83 bits per heavy atom. The third-order valence-electron chi connectivity index (χ3n) is 5.22. The summed E-state index contributed by atoms with van der Waals surface area (Å²) in [6, 6.07) is 4.16. The molecule has 130 valence electrons. The van der Waals surface area contributed by atoms with Crippen LogP contribution < -0.4 is 4.74 Å². The third-order valence-corrected chi connectivity index (χ3v) is 7.10. The van der Waals surface area contributed by atoms with Crippen LogP contribution in [0.5, 0.6) is 5.75 Å². The first kappa shape index (κ1) is 16.6. The van der Waals surface area contributed by atoms with Crippen LogP contribution in [0.2, 0.25) is 0 Å². The van der Waals surface area contributed by atoms with Gasteiger partial charge in [0.15, 0.2) is 9.84 Å². The average molecular weight is 347 g/mol. The van der Waals surface area contributed by atoms with E-state index in [9.17, 15) is 17.2 Å². The highest BCUT2D eigenvalue weighted by Gasteiger charge is 2.42. The van der Waals surface area contributed by atoms with Crippen molar-refractivity contribution in [1.29, 1.82) is 0 Å². The fourth-order valence-electron chi connectivity index (χ4n) is 3.86. The van der Waals surface area contributed by atoms with Gasteiger partial charge in [0.1, 0.15) is 5.75 Å². The molecule has 2 aliphatic rings. The Morgan fingerprint density at radius 1 is 1.48 bits per heavy atom. The van der Waals surface area contributed by atoms with E-state index in [-0.39, 0.29) is 29.3 Å². The largest absolute Gasteiger partial charge is 0.435 e. The van der Waals surface area contributed by atoms with Crippen molar-refractivity contribution in [3.63, 3.8) is 0 Å². The zero-order valence-corrected chi connectivity index (χ0v) is 14.1. The zero-order chi connectivity index (χ0) is 16.8. The van der Waals surface area contributed by atoms with Gasteiger partial charge < -0.3 is 9.64 Å². The van der Waals surface area contributed by atoms with Crippen LogP contribution in [0.3, 0.4) is 0 Å². The highest BCUT2D eigenvalue weighted by molar-refractivity contribution is 7.91. The quantitative estimate of drug-likeness (QED) is 0.839. The van der Waals surface area contributed by atoms with Crippen LogP contribution in [0.1, 0.15) is 39.1 Å². The van der Waals surface area contributed by atoms with Crippen LogP contribution in [0.4, 0.5) is 8.78 Å². The van der Waals surface area contributed by atoms with Crippen LogP contribution >= 0.6 is 0 Å². The van der Waals surface area contributed by atoms with E-state index in [1.807, 2.05) is 7.05 Å². The molecular formula is C16H23F2NO3S. The van der Waals surface area contributed by atoms with Crippen molar-refractivity contribution < 1.29 is 23.4 Å². The molecule has 0 radical (unpaired) electrons. The first-order valence-electron chi connectivity index (χ1n) is 7.74. The molecule has 2 aliphatic heterocycles. The number of ether oxygens (including phenoxy) is 1. The van der Waals surface area contributed by atoms with Gasteiger partial charge in [0.05, 0.1) is 10.6 Å². The van der Waals surface area contributed by atoms with Gasteiger partial charge in [0, 0.05) is 12.9 Å². The number of hydrogen-bond acceptors (Lipinski definition) is 4. The molecule has 0 amide bonds. The molecule has 0 aromatic heterocycles. The standard InChI is InChI=1S/C16H21F2NO3S.H2/c1-16(6-3-7-19(16)2)9-11-10-23(20,21)14-5-4-12(8-13(11)14)22-15(17)18;/h4-5,8,11,15H,3,6-7,9-10H2,1-2H3;1H. The normalized spacial score (nSPS) is 29.9. The summed E-state index contributed by atoms with van der Waals surface area (Å²) in [6.07, 6.45) is 2.81. The van der Waals surface area contributed by atoms with Gasteiger partial charge in [0.2, 0.25) is 0 Å².